The van der Waals surface area contributed by atoms with Crippen LogP contribution in [0.4, 0.5) is 0 Å². The third kappa shape index (κ3) is 5.29. The molecule has 3 rings (SSSR count). The van der Waals surface area contributed by atoms with Gasteiger partial charge in [-0.1, -0.05) is 30.3 Å². The molecular weight excluding hydrogens is 420 g/mol. The Labute approximate surface area is 183 Å². The molecule has 1 amide bonds. The fourth-order valence-electron chi connectivity index (χ4n) is 3.41. The van der Waals surface area contributed by atoms with Gasteiger partial charge in [0.05, 0.1) is 20.0 Å². The number of benzene rings is 2. The van der Waals surface area contributed by atoms with Gasteiger partial charge in [0, 0.05) is 31.7 Å². The Morgan fingerprint density at radius 3 is 2.06 bits per heavy atom. The van der Waals surface area contributed by atoms with Crippen molar-refractivity contribution >= 4 is 15.9 Å². The van der Waals surface area contributed by atoms with E-state index in [9.17, 15) is 13.2 Å². The standard InChI is InChI=1S/C22H28N2O6S/c1-4-31(26,27)24-12-10-23(11-13-24)22(25)18-14-19(28-2)21(20(15-18)29-3)30-16-17-8-6-5-7-9-17/h5-9,14-15H,4,10-13,16H2,1-3H3. The van der Waals surface area contributed by atoms with E-state index in [1.165, 1.54) is 18.5 Å². The highest BCUT2D eigenvalue weighted by atomic mass is 32.2. The van der Waals surface area contributed by atoms with Crippen LogP contribution < -0.4 is 14.2 Å². The first-order valence-corrected chi connectivity index (χ1v) is 11.7. The van der Waals surface area contributed by atoms with E-state index < -0.39 is 10.0 Å². The molecule has 2 aromatic rings. The summed E-state index contributed by atoms with van der Waals surface area (Å²) < 4.78 is 42.4. The molecule has 8 nitrogen and oxygen atoms in total. The second-order valence-electron chi connectivity index (χ2n) is 7.08. The summed E-state index contributed by atoms with van der Waals surface area (Å²) in [6.07, 6.45) is 0. The first-order valence-electron chi connectivity index (χ1n) is 10.1. The zero-order valence-electron chi connectivity index (χ0n) is 18.0. The van der Waals surface area contributed by atoms with Gasteiger partial charge in [-0.2, -0.15) is 4.31 Å². The molecule has 1 saturated heterocycles. The number of rotatable bonds is 8. The topological polar surface area (TPSA) is 85.4 Å². The van der Waals surface area contributed by atoms with Gasteiger partial charge in [-0.15, -0.1) is 0 Å². The minimum absolute atomic E-state index is 0.0553. The number of carbonyl (C=O) groups excluding carboxylic acids is 1. The van der Waals surface area contributed by atoms with Crippen molar-refractivity contribution in [3.8, 4) is 17.2 Å². The third-order valence-corrected chi connectivity index (χ3v) is 7.10. The quantitative estimate of drug-likeness (QED) is 0.617. The van der Waals surface area contributed by atoms with E-state index in [1.54, 1.807) is 24.0 Å². The lowest BCUT2D eigenvalue weighted by Crippen LogP contribution is -2.50. The van der Waals surface area contributed by atoms with E-state index in [0.717, 1.165) is 5.56 Å². The number of methoxy groups -OCH3 is 2. The summed E-state index contributed by atoms with van der Waals surface area (Å²) in [6, 6.07) is 13.0. The van der Waals surface area contributed by atoms with Crippen molar-refractivity contribution in [1.29, 1.82) is 0 Å². The molecule has 1 heterocycles. The summed E-state index contributed by atoms with van der Waals surface area (Å²) >= 11 is 0. The lowest BCUT2D eigenvalue weighted by molar-refractivity contribution is 0.0697. The number of sulfonamides is 1. The molecule has 0 N–H and O–H groups in total. The second kappa shape index (κ2) is 10.0. The summed E-state index contributed by atoms with van der Waals surface area (Å²) in [7, 11) is -0.239. The molecule has 0 unspecified atom stereocenters. The maximum Gasteiger partial charge on any atom is 0.254 e. The van der Waals surface area contributed by atoms with Crippen LogP contribution in [0.15, 0.2) is 42.5 Å². The highest BCUT2D eigenvalue weighted by Crippen LogP contribution is 2.39. The zero-order valence-corrected chi connectivity index (χ0v) is 18.9. The predicted molar refractivity (Wildman–Crippen MR) is 117 cm³/mol. The molecule has 0 aliphatic carbocycles. The molecular formula is C22H28N2O6S. The Balaban J connectivity index is 1.76. The molecule has 0 spiro atoms. The number of hydrogen-bond donors (Lipinski definition) is 0. The average Bonchev–Trinajstić information content (AvgIpc) is 2.82. The number of nitrogens with zero attached hydrogens (tertiary/aromatic N) is 2. The number of amides is 1. The van der Waals surface area contributed by atoms with Crippen molar-refractivity contribution in [3.05, 3.63) is 53.6 Å². The van der Waals surface area contributed by atoms with Crippen molar-refractivity contribution in [1.82, 2.24) is 9.21 Å². The molecule has 0 aromatic heterocycles. The molecule has 1 aliphatic rings. The number of hydrogen-bond acceptors (Lipinski definition) is 6. The van der Waals surface area contributed by atoms with Gasteiger partial charge in [-0.3, -0.25) is 4.79 Å². The van der Waals surface area contributed by atoms with Gasteiger partial charge in [0.15, 0.2) is 11.5 Å². The van der Waals surface area contributed by atoms with Crippen molar-refractivity contribution in [2.75, 3.05) is 46.2 Å². The molecule has 0 radical (unpaired) electrons. The largest absolute Gasteiger partial charge is 0.493 e. The average molecular weight is 449 g/mol. The zero-order chi connectivity index (χ0) is 22.4. The molecule has 9 heteroatoms. The van der Waals surface area contributed by atoms with E-state index in [1.807, 2.05) is 30.3 Å². The van der Waals surface area contributed by atoms with Gasteiger partial charge in [0.25, 0.3) is 5.91 Å². The van der Waals surface area contributed by atoms with Gasteiger partial charge >= 0.3 is 0 Å². The van der Waals surface area contributed by atoms with Crippen molar-refractivity contribution in [2.24, 2.45) is 0 Å². The maximum absolute atomic E-state index is 13.1. The Morgan fingerprint density at radius 1 is 0.968 bits per heavy atom. The minimum atomic E-state index is -3.25. The summed E-state index contributed by atoms with van der Waals surface area (Å²) in [4.78, 5) is 14.7. The maximum atomic E-state index is 13.1. The first kappa shape index (κ1) is 22.9. The molecule has 31 heavy (non-hydrogen) atoms. The fourth-order valence-corrected chi connectivity index (χ4v) is 4.49. The van der Waals surface area contributed by atoms with E-state index in [-0.39, 0.29) is 24.7 Å². The van der Waals surface area contributed by atoms with Crippen LogP contribution in [0.3, 0.4) is 0 Å². The van der Waals surface area contributed by atoms with Gasteiger partial charge in [-0.25, -0.2) is 8.42 Å². The Hall–Kier alpha value is -2.78. The predicted octanol–water partition coefficient (Wildman–Crippen LogP) is 2.39. The van der Waals surface area contributed by atoms with Crippen LogP contribution >= 0.6 is 0 Å². The van der Waals surface area contributed by atoms with E-state index in [4.69, 9.17) is 14.2 Å². The Bertz CT molecular complexity index is 977. The van der Waals surface area contributed by atoms with Crippen LogP contribution in [0.25, 0.3) is 0 Å². The minimum Gasteiger partial charge on any atom is -0.493 e. The third-order valence-electron chi connectivity index (χ3n) is 5.22. The van der Waals surface area contributed by atoms with Crippen LogP contribution in [-0.4, -0.2) is 69.7 Å². The molecule has 0 saturated carbocycles. The number of carbonyl (C=O) groups is 1. The fraction of sp³-hybridized carbons (Fsp3) is 0.409. The highest BCUT2D eigenvalue weighted by Gasteiger charge is 2.29. The smallest absolute Gasteiger partial charge is 0.254 e. The summed E-state index contributed by atoms with van der Waals surface area (Å²) in [5.41, 5.74) is 1.39. The van der Waals surface area contributed by atoms with Crippen molar-refractivity contribution in [3.63, 3.8) is 0 Å². The lowest BCUT2D eigenvalue weighted by atomic mass is 10.1. The number of ether oxygens (including phenoxy) is 3. The SMILES string of the molecule is CCS(=O)(=O)N1CCN(C(=O)c2cc(OC)c(OCc3ccccc3)c(OC)c2)CC1. The van der Waals surface area contributed by atoms with Crippen LogP contribution in [-0.2, 0) is 16.6 Å². The summed E-state index contributed by atoms with van der Waals surface area (Å²) in [6.45, 7) is 3.17. The molecule has 1 aliphatic heterocycles. The second-order valence-corrected chi connectivity index (χ2v) is 9.33. The monoisotopic (exact) mass is 448 g/mol. The van der Waals surface area contributed by atoms with Crippen LogP contribution in [0.2, 0.25) is 0 Å². The highest BCUT2D eigenvalue weighted by molar-refractivity contribution is 7.89. The van der Waals surface area contributed by atoms with E-state index in [0.29, 0.717) is 42.5 Å². The summed E-state index contributed by atoms with van der Waals surface area (Å²) in [5.74, 6) is 1.06. The van der Waals surface area contributed by atoms with Crippen LogP contribution in [0.1, 0.15) is 22.8 Å². The normalized spacial score (nSPS) is 14.9. The van der Waals surface area contributed by atoms with Crippen LogP contribution in [0.5, 0.6) is 17.2 Å². The van der Waals surface area contributed by atoms with Gasteiger partial charge in [-0.05, 0) is 24.6 Å². The van der Waals surface area contributed by atoms with E-state index >= 15 is 0 Å². The van der Waals surface area contributed by atoms with Crippen molar-refractivity contribution in [2.45, 2.75) is 13.5 Å². The van der Waals surface area contributed by atoms with Gasteiger partial charge in [0.2, 0.25) is 15.8 Å². The number of piperazine rings is 1. The lowest BCUT2D eigenvalue weighted by Gasteiger charge is -2.34. The molecule has 0 atom stereocenters. The Morgan fingerprint density at radius 2 is 1.55 bits per heavy atom. The van der Waals surface area contributed by atoms with E-state index in [2.05, 4.69) is 0 Å². The molecule has 0 bridgehead atoms. The molecule has 168 valence electrons. The van der Waals surface area contributed by atoms with Gasteiger partial charge < -0.3 is 19.1 Å². The summed E-state index contributed by atoms with van der Waals surface area (Å²) in [5, 5.41) is 0. The molecule has 1 fully saturated rings. The van der Waals surface area contributed by atoms with Gasteiger partial charge in [0.1, 0.15) is 6.61 Å². The first-order chi connectivity index (χ1) is 14.9. The van der Waals surface area contributed by atoms with Crippen molar-refractivity contribution < 1.29 is 27.4 Å². The van der Waals surface area contributed by atoms with Crippen LogP contribution in [0, 0.1) is 0 Å². The molecule has 2 aromatic carbocycles. The Kier molecular flexibility index (Phi) is 7.40.